The van der Waals surface area contributed by atoms with Gasteiger partial charge in [0.2, 0.25) is 11.8 Å². The molecule has 3 atom stereocenters. The summed E-state index contributed by atoms with van der Waals surface area (Å²) in [6, 6.07) is 4.18. The summed E-state index contributed by atoms with van der Waals surface area (Å²) in [7, 11) is 1.59. The van der Waals surface area contributed by atoms with Gasteiger partial charge in [0.15, 0.2) is 0 Å². The quantitative estimate of drug-likeness (QED) is 0.566. The van der Waals surface area contributed by atoms with Crippen molar-refractivity contribution >= 4 is 27.7 Å². The van der Waals surface area contributed by atoms with Gasteiger partial charge in [0.05, 0.1) is 18.9 Å². The number of amides is 2. The number of methoxy groups -OCH3 is 1. The number of carbonyl (C=O) groups excluding carboxylic acids is 2. The van der Waals surface area contributed by atoms with Crippen molar-refractivity contribution in [1.82, 2.24) is 25.2 Å². The zero-order valence-electron chi connectivity index (χ0n) is 20.0. The van der Waals surface area contributed by atoms with Gasteiger partial charge in [0.25, 0.3) is 0 Å². The summed E-state index contributed by atoms with van der Waals surface area (Å²) in [5.41, 5.74) is 1.30. The molecule has 0 spiro atoms. The smallest absolute Gasteiger partial charge is 0.248 e. The third kappa shape index (κ3) is 5.43. The number of ether oxygens (including phenoxy) is 1. The van der Waals surface area contributed by atoms with E-state index in [2.05, 4.69) is 31.6 Å². The van der Waals surface area contributed by atoms with E-state index in [4.69, 9.17) is 4.74 Å². The first kappa shape index (κ1) is 24.7. The molecule has 2 amide bonds. The van der Waals surface area contributed by atoms with Crippen molar-refractivity contribution in [3.05, 3.63) is 40.1 Å². The van der Waals surface area contributed by atoms with Crippen molar-refractivity contribution < 1.29 is 19.4 Å². The number of rotatable bonds is 7. The Morgan fingerprint density at radius 3 is 2.68 bits per heavy atom. The van der Waals surface area contributed by atoms with Crippen molar-refractivity contribution in [2.75, 3.05) is 13.7 Å². The molecule has 2 heterocycles. The lowest BCUT2D eigenvalue weighted by Gasteiger charge is -2.34. The maximum absolute atomic E-state index is 13.8. The fourth-order valence-electron chi connectivity index (χ4n) is 4.47. The second kappa shape index (κ2) is 9.65. The Bertz CT molecular complexity index is 1060. The molecule has 2 aromatic rings. The largest absolute Gasteiger partial charge is 0.497 e. The van der Waals surface area contributed by atoms with Crippen LogP contribution in [-0.2, 0) is 16.1 Å². The Morgan fingerprint density at radius 2 is 2.03 bits per heavy atom. The van der Waals surface area contributed by atoms with Crippen LogP contribution in [0.15, 0.2) is 28.9 Å². The van der Waals surface area contributed by atoms with Crippen LogP contribution >= 0.6 is 15.9 Å². The molecule has 4 rings (SSSR count). The van der Waals surface area contributed by atoms with Crippen LogP contribution in [0.3, 0.4) is 0 Å². The average Bonchev–Trinajstić information content (AvgIpc) is 3.38. The Balaban J connectivity index is 1.51. The maximum Gasteiger partial charge on any atom is 0.248 e. The number of aliphatic hydroxyl groups is 1. The van der Waals surface area contributed by atoms with Crippen molar-refractivity contribution in [2.24, 2.45) is 5.41 Å². The Hall–Kier alpha value is -2.46. The number of carbonyl (C=O) groups is 2. The predicted octanol–water partition coefficient (Wildman–Crippen LogP) is 2.79. The SMILES string of the molecule is COc1cc(Br)cc(CNC(=O)[C@@H]2C[C@@H](O)CN2C(=O)[C@@H](n2cc(C3CC3)nn2)C(C)(C)C)c1. The monoisotopic (exact) mass is 533 g/mol. The van der Waals surface area contributed by atoms with Crippen LogP contribution in [0, 0.1) is 5.41 Å². The average molecular weight is 534 g/mol. The van der Waals surface area contributed by atoms with E-state index in [-0.39, 0.29) is 31.3 Å². The summed E-state index contributed by atoms with van der Waals surface area (Å²) >= 11 is 3.44. The van der Waals surface area contributed by atoms with E-state index in [1.807, 2.05) is 45.2 Å². The van der Waals surface area contributed by atoms with E-state index in [0.29, 0.717) is 11.7 Å². The molecule has 0 unspecified atom stereocenters. The standard InChI is InChI=1S/C24H32BrN5O4/c1-24(2,3)21(30-13-19(27-28-30)15-5-6-15)23(33)29-12-17(31)10-20(29)22(32)26-11-14-7-16(25)9-18(8-14)34-4/h7-9,13,15,17,20-21,31H,5-6,10-12H2,1-4H3,(H,26,32)/t17-,20+,21-/m1/s1. The highest BCUT2D eigenvalue weighted by Gasteiger charge is 2.45. The first-order chi connectivity index (χ1) is 16.1. The molecule has 2 fully saturated rings. The Morgan fingerprint density at radius 1 is 1.29 bits per heavy atom. The summed E-state index contributed by atoms with van der Waals surface area (Å²) < 4.78 is 7.75. The maximum atomic E-state index is 13.8. The van der Waals surface area contributed by atoms with Gasteiger partial charge in [-0.1, -0.05) is 41.9 Å². The molecule has 184 valence electrons. The molecule has 10 heteroatoms. The lowest BCUT2D eigenvalue weighted by Crippen LogP contribution is -2.50. The van der Waals surface area contributed by atoms with Gasteiger partial charge < -0.3 is 20.1 Å². The van der Waals surface area contributed by atoms with Crippen LogP contribution < -0.4 is 10.1 Å². The van der Waals surface area contributed by atoms with Crippen LogP contribution in [0.1, 0.15) is 63.3 Å². The second-order valence-electron chi connectivity index (χ2n) is 10.3. The van der Waals surface area contributed by atoms with E-state index < -0.39 is 23.6 Å². The van der Waals surface area contributed by atoms with Gasteiger partial charge in [-0.05, 0) is 42.0 Å². The number of benzene rings is 1. The molecule has 34 heavy (non-hydrogen) atoms. The summed E-state index contributed by atoms with van der Waals surface area (Å²) in [6.45, 7) is 6.29. The highest BCUT2D eigenvalue weighted by atomic mass is 79.9. The lowest BCUT2D eigenvalue weighted by molar-refractivity contribution is -0.144. The zero-order valence-corrected chi connectivity index (χ0v) is 21.6. The summed E-state index contributed by atoms with van der Waals surface area (Å²) in [4.78, 5) is 28.4. The third-order valence-electron chi connectivity index (χ3n) is 6.34. The van der Waals surface area contributed by atoms with Crippen molar-refractivity contribution in [2.45, 2.75) is 70.7 Å². The number of aromatic nitrogens is 3. The first-order valence-electron chi connectivity index (χ1n) is 11.6. The van der Waals surface area contributed by atoms with Gasteiger partial charge in [-0.3, -0.25) is 9.59 Å². The van der Waals surface area contributed by atoms with Gasteiger partial charge in [-0.15, -0.1) is 5.10 Å². The van der Waals surface area contributed by atoms with E-state index in [9.17, 15) is 14.7 Å². The minimum absolute atomic E-state index is 0.110. The van der Waals surface area contributed by atoms with E-state index in [1.54, 1.807) is 11.8 Å². The molecule has 1 aromatic carbocycles. The van der Waals surface area contributed by atoms with E-state index in [0.717, 1.165) is 28.6 Å². The number of likely N-dealkylation sites (tertiary alicyclic amines) is 1. The molecule has 1 saturated carbocycles. The fourth-order valence-corrected chi connectivity index (χ4v) is 4.99. The predicted molar refractivity (Wildman–Crippen MR) is 129 cm³/mol. The highest BCUT2D eigenvalue weighted by Crippen LogP contribution is 2.40. The normalized spacial score (nSPS) is 21.4. The molecule has 1 aliphatic carbocycles. The van der Waals surface area contributed by atoms with Crippen molar-refractivity contribution in [1.29, 1.82) is 0 Å². The molecule has 2 aliphatic rings. The minimum atomic E-state index is -0.760. The molecular formula is C24H32BrN5O4. The number of nitrogens with zero attached hydrogens (tertiary/aromatic N) is 4. The topological polar surface area (TPSA) is 110 Å². The molecule has 9 nitrogen and oxygen atoms in total. The van der Waals surface area contributed by atoms with Crippen molar-refractivity contribution in [3.8, 4) is 5.75 Å². The first-order valence-corrected chi connectivity index (χ1v) is 12.4. The number of halogens is 1. The molecule has 0 radical (unpaired) electrons. The van der Waals surface area contributed by atoms with E-state index in [1.165, 1.54) is 4.90 Å². The van der Waals surface area contributed by atoms with Crippen LogP contribution in [-0.4, -0.2) is 62.6 Å². The Kier molecular flexibility index (Phi) is 7.00. The number of aliphatic hydroxyl groups excluding tert-OH is 1. The van der Waals surface area contributed by atoms with Gasteiger partial charge in [0, 0.05) is 36.1 Å². The minimum Gasteiger partial charge on any atom is -0.497 e. The van der Waals surface area contributed by atoms with Gasteiger partial charge in [0.1, 0.15) is 17.8 Å². The van der Waals surface area contributed by atoms with Gasteiger partial charge >= 0.3 is 0 Å². The highest BCUT2D eigenvalue weighted by molar-refractivity contribution is 9.10. The van der Waals surface area contributed by atoms with Crippen LogP contribution in [0.25, 0.3) is 0 Å². The number of hydrogen-bond donors (Lipinski definition) is 2. The van der Waals surface area contributed by atoms with Gasteiger partial charge in [-0.25, -0.2) is 4.68 Å². The summed E-state index contributed by atoms with van der Waals surface area (Å²) in [5.74, 6) is 0.570. The van der Waals surface area contributed by atoms with Crippen LogP contribution in [0.5, 0.6) is 5.75 Å². The molecule has 0 bridgehead atoms. The molecule has 1 saturated heterocycles. The molecular weight excluding hydrogens is 502 g/mol. The summed E-state index contributed by atoms with van der Waals surface area (Å²) in [6.07, 6.45) is 3.48. The van der Waals surface area contributed by atoms with Crippen LogP contribution in [0.4, 0.5) is 0 Å². The lowest BCUT2D eigenvalue weighted by atomic mass is 9.85. The molecule has 2 N–H and O–H groups in total. The molecule has 1 aliphatic heterocycles. The summed E-state index contributed by atoms with van der Waals surface area (Å²) in [5, 5.41) is 21.8. The number of nitrogens with one attached hydrogen (secondary N) is 1. The Labute approximate surface area is 208 Å². The second-order valence-corrected chi connectivity index (χ2v) is 11.2. The third-order valence-corrected chi connectivity index (χ3v) is 6.80. The van der Waals surface area contributed by atoms with E-state index >= 15 is 0 Å². The van der Waals surface area contributed by atoms with Gasteiger partial charge in [-0.2, -0.15) is 0 Å². The number of β-amino-alcohol motifs (C(OH)–C–C–N with tert-alkyl or cyclic N) is 1. The number of hydrogen-bond acceptors (Lipinski definition) is 6. The fraction of sp³-hybridized carbons (Fsp3) is 0.583. The van der Waals surface area contributed by atoms with Crippen LogP contribution in [0.2, 0.25) is 0 Å². The van der Waals surface area contributed by atoms with Crippen molar-refractivity contribution in [3.63, 3.8) is 0 Å². The molecule has 1 aromatic heterocycles. The zero-order chi connectivity index (χ0) is 24.6.